The van der Waals surface area contributed by atoms with Gasteiger partial charge in [0.2, 0.25) is 0 Å². The van der Waals surface area contributed by atoms with Crippen LogP contribution in [-0.2, 0) is 0 Å². The monoisotopic (exact) mass is 252 g/mol. The summed E-state index contributed by atoms with van der Waals surface area (Å²) in [4.78, 5) is 19.1. The largest absolute Gasteiger partial charge is 0.478 e. The minimum Gasteiger partial charge on any atom is -0.478 e. The van der Waals surface area contributed by atoms with E-state index in [1.165, 1.54) is 31.9 Å². The van der Waals surface area contributed by atoms with Gasteiger partial charge in [0.1, 0.15) is 0 Å². The number of carboxylic acid groups (broad SMARTS) is 1. The maximum Gasteiger partial charge on any atom is 0.339 e. The molecule has 1 heterocycles. The number of hydrogen-bond donors (Lipinski definition) is 1. The van der Waals surface area contributed by atoms with Gasteiger partial charge in [0, 0.05) is 11.9 Å². The minimum atomic E-state index is -0.963. The van der Waals surface area contributed by atoms with Gasteiger partial charge in [-0.3, -0.25) is 0 Å². The summed E-state index contributed by atoms with van der Waals surface area (Å²) >= 11 is 1.64. The lowest BCUT2D eigenvalue weighted by atomic mass is 10.1. The van der Waals surface area contributed by atoms with Gasteiger partial charge in [0.25, 0.3) is 0 Å². The second-order valence-electron chi connectivity index (χ2n) is 4.42. The van der Waals surface area contributed by atoms with Gasteiger partial charge < -0.3 is 5.11 Å². The second-order valence-corrected chi connectivity index (χ2v) is 5.41. The predicted molar refractivity (Wildman–Crippen MR) is 66.4 cm³/mol. The standard InChI is InChI=1S/C12H16N2O2S/c1-8-10(11(15)16)6-13-12(14-8)17-7-9-4-2-3-5-9/h6,9H,2-5,7H2,1H3,(H,15,16). The number of carbonyl (C=O) groups is 1. The molecule has 4 nitrogen and oxygen atoms in total. The molecule has 17 heavy (non-hydrogen) atoms. The SMILES string of the molecule is Cc1nc(SCC2CCCC2)ncc1C(=O)O. The summed E-state index contributed by atoms with van der Waals surface area (Å²) in [6.45, 7) is 1.71. The third kappa shape index (κ3) is 3.19. The van der Waals surface area contributed by atoms with Crippen LogP contribution in [0.3, 0.4) is 0 Å². The van der Waals surface area contributed by atoms with Crippen LogP contribution in [0.15, 0.2) is 11.4 Å². The van der Waals surface area contributed by atoms with Crippen molar-refractivity contribution in [1.82, 2.24) is 9.97 Å². The highest BCUT2D eigenvalue weighted by Crippen LogP contribution is 2.29. The molecule has 1 aliphatic rings. The highest BCUT2D eigenvalue weighted by molar-refractivity contribution is 7.99. The Kier molecular flexibility index (Phi) is 3.99. The summed E-state index contributed by atoms with van der Waals surface area (Å²) in [7, 11) is 0. The molecule has 0 bridgehead atoms. The number of nitrogens with zero attached hydrogens (tertiary/aromatic N) is 2. The van der Waals surface area contributed by atoms with Crippen molar-refractivity contribution in [3.8, 4) is 0 Å². The molecule has 5 heteroatoms. The third-order valence-corrected chi connectivity index (χ3v) is 4.20. The Balaban J connectivity index is 1.97. The molecule has 0 aliphatic heterocycles. The predicted octanol–water partition coefficient (Wildman–Crippen LogP) is 2.77. The fourth-order valence-corrected chi connectivity index (χ4v) is 3.14. The molecule has 0 aromatic carbocycles. The number of aromatic nitrogens is 2. The number of hydrogen-bond acceptors (Lipinski definition) is 4. The molecule has 2 rings (SSSR count). The van der Waals surface area contributed by atoms with Crippen molar-refractivity contribution < 1.29 is 9.90 Å². The van der Waals surface area contributed by atoms with E-state index in [1.807, 2.05) is 0 Å². The van der Waals surface area contributed by atoms with E-state index in [-0.39, 0.29) is 5.56 Å². The lowest BCUT2D eigenvalue weighted by Gasteiger charge is -2.07. The van der Waals surface area contributed by atoms with Gasteiger partial charge in [-0.2, -0.15) is 0 Å². The summed E-state index contributed by atoms with van der Waals surface area (Å²) in [5.74, 6) is 0.865. The molecular formula is C12H16N2O2S. The smallest absolute Gasteiger partial charge is 0.339 e. The summed E-state index contributed by atoms with van der Waals surface area (Å²) in [5.41, 5.74) is 0.733. The highest BCUT2D eigenvalue weighted by atomic mass is 32.2. The minimum absolute atomic E-state index is 0.190. The van der Waals surface area contributed by atoms with Crippen molar-refractivity contribution in [2.45, 2.75) is 37.8 Å². The quantitative estimate of drug-likeness (QED) is 0.659. The fourth-order valence-electron chi connectivity index (χ4n) is 2.09. The molecule has 1 saturated carbocycles. The van der Waals surface area contributed by atoms with Crippen LogP contribution < -0.4 is 0 Å². The van der Waals surface area contributed by atoms with E-state index in [4.69, 9.17) is 5.11 Å². The molecule has 1 aromatic heterocycles. The van der Waals surface area contributed by atoms with Crippen LogP contribution >= 0.6 is 11.8 Å². The molecule has 0 amide bonds. The number of aromatic carboxylic acids is 1. The van der Waals surface area contributed by atoms with E-state index < -0.39 is 5.97 Å². The van der Waals surface area contributed by atoms with Crippen LogP contribution in [0.4, 0.5) is 0 Å². The van der Waals surface area contributed by atoms with Gasteiger partial charge in [-0.05, 0) is 25.7 Å². The summed E-state index contributed by atoms with van der Waals surface area (Å²) in [5, 5.41) is 9.57. The lowest BCUT2D eigenvalue weighted by Crippen LogP contribution is -2.05. The van der Waals surface area contributed by atoms with Crippen molar-refractivity contribution in [1.29, 1.82) is 0 Å². The van der Waals surface area contributed by atoms with E-state index in [9.17, 15) is 4.79 Å². The van der Waals surface area contributed by atoms with Crippen LogP contribution in [0, 0.1) is 12.8 Å². The molecule has 92 valence electrons. The molecular weight excluding hydrogens is 236 g/mol. The van der Waals surface area contributed by atoms with Gasteiger partial charge in [-0.15, -0.1) is 0 Å². The average Bonchev–Trinajstić information content (AvgIpc) is 2.78. The summed E-state index contributed by atoms with van der Waals surface area (Å²) in [6, 6.07) is 0. The molecule has 0 atom stereocenters. The molecule has 0 spiro atoms. The van der Waals surface area contributed by atoms with Crippen molar-refractivity contribution in [2.75, 3.05) is 5.75 Å². The number of carboxylic acids is 1. The average molecular weight is 252 g/mol. The van der Waals surface area contributed by atoms with Gasteiger partial charge in [-0.25, -0.2) is 14.8 Å². The Hall–Kier alpha value is -1.10. The maximum absolute atomic E-state index is 10.8. The third-order valence-electron chi connectivity index (χ3n) is 3.11. The van der Waals surface area contributed by atoms with Crippen molar-refractivity contribution in [2.24, 2.45) is 5.92 Å². The summed E-state index contributed by atoms with van der Waals surface area (Å²) in [6.07, 6.45) is 6.69. The van der Waals surface area contributed by atoms with Gasteiger partial charge in [0.05, 0.1) is 11.3 Å². The topological polar surface area (TPSA) is 63.1 Å². The number of aryl methyl sites for hydroxylation is 1. The maximum atomic E-state index is 10.8. The number of rotatable bonds is 4. The van der Waals surface area contributed by atoms with Crippen LogP contribution in [0.1, 0.15) is 41.7 Å². The zero-order valence-electron chi connectivity index (χ0n) is 9.85. The molecule has 1 aliphatic carbocycles. The van der Waals surface area contributed by atoms with Gasteiger partial charge in [-0.1, -0.05) is 24.6 Å². The van der Waals surface area contributed by atoms with E-state index in [1.54, 1.807) is 18.7 Å². The van der Waals surface area contributed by atoms with Crippen molar-refractivity contribution in [3.63, 3.8) is 0 Å². The lowest BCUT2D eigenvalue weighted by molar-refractivity contribution is 0.0695. The van der Waals surface area contributed by atoms with Crippen LogP contribution in [0.25, 0.3) is 0 Å². The molecule has 0 saturated heterocycles. The Morgan fingerprint density at radius 2 is 2.24 bits per heavy atom. The Morgan fingerprint density at radius 3 is 2.82 bits per heavy atom. The van der Waals surface area contributed by atoms with Gasteiger partial charge in [0.15, 0.2) is 5.16 Å². The van der Waals surface area contributed by atoms with Gasteiger partial charge >= 0.3 is 5.97 Å². The van der Waals surface area contributed by atoms with Crippen LogP contribution in [-0.4, -0.2) is 26.8 Å². The number of thioether (sulfide) groups is 1. The molecule has 1 fully saturated rings. The first-order valence-electron chi connectivity index (χ1n) is 5.86. The first kappa shape index (κ1) is 12.4. The zero-order chi connectivity index (χ0) is 12.3. The molecule has 0 radical (unpaired) electrons. The Labute approximate surface area is 105 Å². The van der Waals surface area contributed by atoms with Crippen LogP contribution in [0.5, 0.6) is 0 Å². The normalized spacial score (nSPS) is 16.3. The van der Waals surface area contributed by atoms with Crippen molar-refractivity contribution in [3.05, 3.63) is 17.5 Å². The van der Waals surface area contributed by atoms with E-state index >= 15 is 0 Å². The molecule has 1 aromatic rings. The molecule has 1 N–H and O–H groups in total. The Morgan fingerprint density at radius 1 is 1.53 bits per heavy atom. The van der Waals surface area contributed by atoms with E-state index in [0.29, 0.717) is 10.9 Å². The first-order chi connectivity index (χ1) is 8.16. The van der Waals surface area contributed by atoms with Crippen LogP contribution in [0.2, 0.25) is 0 Å². The molecule has 0 unspecified atom stereocenters. The van der Waals surface area contributed by atoms with E-state index in [0.717, 1.165) is 11.7 Å². The van der Waals surface area contributed by atoms with E-state index in [2.05, 4.69) is 9.97 Å². The first-order valence-corrected chi connectivity index (χ1v) is 6.85. The Bertz CT molecular complexity index is 417. The highest BCUT2D eigenvalue weighted by Gasteiger charge is 2.16. The summed E-state index contributed by atoms with van der Waals surface area (Å²) < 4.78 is 0. The zero-order valence-corrected chi connectivity index (χ0v) is 10.7. The second kappa shape index (κ2) is 5.49. The van der Waals surface area contributed by atoms with Crippen molar-refractivity contribution >= 4 is 17.7 Å². The fraction of sp³-hybridized carbons (Fsp3) is 0.583.